The van der Waals surface area contributed by atoms with Gasteiger partial charge in [0.2, 0.25) is 5.91 Å². The number of carboxylic acid groups (broad SMARTS) is 1. The molecule has 1 aromatic rings. The topological polar surface area (TPSA) is 88.6 Å². The standard InChI is InChI=1S/C12H17N3O3/c13-6-9-3-5-15(7-9)11(16)8-14-4-1-2-10(14)12(17)18/h1-2,4,9H,3,5-8,13H2,(H,17,18). The number of carboxylic acids is 1. The van der Waals surface area contributed by atoms with Crippen LogP contribution in [-0.4, -0.2) is 46.1 Å². The van der Waals surface area contributed by atoms with Crippen LogP contribution in [0.15, 0.2) is 18.3 Å². The Hall–Kier alpha value is -1.82. The maximum atomic E-state index is 12.0. The Bertz CT molecular complexity index is 455. The lowest BCUT2D eigenvalue weighted by Crippen LogP contribution is -2.33. The molecule has 0 saturated carbocycles. The molecule has 0 spiro atoms. The molecule has 0 aliphatic carbocycles. The molecule has 1 amide bonds. The summed E-state index contributed by atoms with van der Waals surface area (Å²) in [4.78, 5) is 24.7. The van der Waals surface area contributed by atoms with Crippen molar-refractivity contribution in [3.63, 3.8) is 0 Å². The van der Waals surface area contributed by atoms with Crippen molar-refractivity contribution in [3.8, 4) is 0 Å². The molecule has 1 aliphatic heterocycles. The van der Waals surface area contributed by atoms with E-state index in [1.807, 2.05) is 0 Å². The highest BCUT2D eigenvalue weighted by atomic mass is 16.4. The summed E-state index contributed by atoms with van der Waals surface area (Å²) in [7, 11) is 0. The molecular formula is C12H17N3O3. The Kier molecular flexibility index (Phi) is 3.66. The quantitative estimate of drug-likeness (QED) is 0.788. The van der Waals surface area contributed by atoms with E-state index in [9.17, 15) is 9.59 Å². The first-order valence-corrected chi connectivity index (χ1v) is 5.98. The third-order valence-corrected chi connectivity index (χ3v) is 3.33. The minimum atomic E-state index is -1.02. The van der Waals surface area contributed by atoms with Gasteiger partial charge in [0.25, 0.3) is 0 Å². The zero-order valence-electron chi connectivity index (χ0n) is 10.1. The van der Waals surface area contributed by atoms with Crippen molar-refractivity contribution in [2.45, 2.75) is 13.0 Å². The molecule has 1 fully saturated rings. The third kappa shape index (κ3) is 2.53. The molecule has 0 radical (unpaired) electrons. The van der Waals surface area contributed by atoms with E-state index in [4.69, 9.17) is 10.8 Å². The third-order valence-electron chi connectivity index (χ3n) is 3.33. The van der Waals surface area contributed by atoms with Gasteiger partial charge in [0, 0.05) is 19.3 Å². The van der Waals surface area contributed by atoms with Gasteiger partial charge in [-0.3, -0.25) is 4.79 Å². The van der Waals surface area contributed by atoms with Crippen molar-refractivity contribution in [1.29, 1.82) is 0 Å². The fraction of sp³-hybridized carbons (Fsp3) is 0.500. The Labute approximate surface area is 105 Å². The van der Waals surface area contributed by atoms with Gasteiger partial charge in [-0.2, -0.15) is 0 Å². The number of hydrogen-bond donors (Lipinski definition) is 2. The van der Waals surface area contributed by atoms with E-state index in [0.717, 1.165) is 6.42 Å². The first-order valence-electron chi connectivity index (χ1n) is 5.98. The first-order chi connectivity index (χ1) is 8.61. The van der Waals surface area contributed by atoms with Crippen LogP contribution < -0.4 is 5.73 Å². The molecule has 1 aliphatic rings. The van der Waals surface area contributed by atoms with Gasteiger partial charge in [-0.05, 0) is 31.0 Å². The van der Waals surface area contributed by atoms with Crippen LogP contribution in [0.5, 0.6) is 0 Å². The van der Waals surface area contributed by atoms with E-state index in [1.165, 1.54) is 10.6 Å². The number of nitrogens with two attached hydrogens (primary N) is 1. The predicted molar refractivity (Wildman–Crippen MR) is 65.1 cm³/mol. The molecule has 1 aromatic heterocycles. The molecule has 2 heterocycles. The van der Waals surface area contributed by atoms with Crippen molar-refractivity contribution >= 4 is 11.9 Å². The van der Waals surface area contributed by atoms with E-state index in [-0.39, 0.29) is 18.1 Å². The number of hydrogen-bond acceptors (Lipinski definition) is 3. The van der Waals surface area contributed by atoms with E-state index in [2.05, 4.69) is 0 Å². The largest absolute Gasteiger partial charge is 0.477 e. The average Bonchev–Trinajstić information content (AvgIpc) is 2.96. The van der Waals surface area contributed by atoms with Crippen molar-refractivity contribution < 1.29 is 14.7 Å². The van der Waals surface area contributed by atoms with Gasteiger partial charge in [-0.25, -0.2) is 4.79 Å². The summed E-state index contributed by atoms with van der Waals surface area (Å²) < 4.78 is 1.46. The summed E-state index contributed by atoms with van der Waals surface area (Å²) in [5.74, 6) is -0.698. The molecule has 6 nitrogen and oxygen atoms in total. The van der Waals surface area contributed by atoms with E-state index < -0.39 is 5.97 Å². The number of rotatable bonds is 4. The molecule has 0 bridgehead atoms. The van der Waals surface area contributed by atoms with Gasteiger partial charge >= 0.3 is 5.97 Å². The van der Waals surface area contributed by atoms with Gasteiger partial charge in [0.05, 0.1) is 0 Å². The van der Waals surface area contributed by atoms with Crippen LogP contribution >= 0.6 is 0 Å². The van der Waals surface area contributed by atoms with E-state index in [1.54, 1.807) is 17.2 Å². The summed E-state index contributed by atoms with van der Waals surface area (Å²) in [5, 5.41) is 8.95. The zero-order valence-corrected chi connectivity index (χ0v) is 10.1. The number of amides is 1. The van der Waals surface area contributed by atoms with Crippen molar-refractivity contribution in [3.05, 3.63) is 24.0 Å². The minimum absolute atomic E-state index is 0.0512. The van der Waals surface area contributed by atoms with Crippen molar-refractivity contribution in [2.24, 2.45) is 11.7 Å². The van der Waals surface area contributed by atoms with Crippen LogP contribution in [0.1, 0.15) is 16.9 Å². The Morgan fingerprint density at radius 3 is 2.89 bits per heavy atom. The fourth-order valence-corrected chi connectivity index (χ4v) is 2.24. The lowest BCUT2D eigenvalue weighted by molar-refractivity contribution is -0.130. The Morgan fingerprint density at radius 2 is 2.28 bits per heavy atom. The number of nitrogens with zero attached hydrogens (tertiary/aromatic N) is 2. The Balaban J connectivity index is 1.99. The van der Waals surface area contributed by atoms with Crippen LogP contribution in [0.4, 0.5) is 0 Å². The second kappa shape index (κ2) is 5.22. The summed E-state index contributed by atoms with van der Waals surface area (Å²) in [5.41, 5.74) is 5.71. The predicted octanol–water partition coefficient (Wildman–Crippen LogP) is -0.00650. The van der Waals surface area contributed by atoms with Gasteiger partial charge < -0.3 is 20.3 Å². The number of likely N-dealkylation sites (tertiary alicyclic amines) is 1. The lowest BCUT2D eigenvalue weighted by atomic mass is 10.1. The van der Waals surface area contributed by atoms with Crippen LogP contribution in [-0.2, 0) is 11.3 Å². The number of carbonyl (C=O) groups excluding carboxylic acids is 1. The summed E-state index contributed by atoms with van der Waals surface area (Å²) >= 11 is 0. The normalized spacial score (nSPS) is 19.2. The van der Waals surface area contributed by atoms with E-state index in [0.29, 0.717) is 25.6 Å². The molecule has 98 valence electrons. The van der Waals surface area contributed by atoms with Crippen molar-refractivity contribution in [2.75, 3.05) is 19.6 Å². The van der Waals surface area contributed by atoms with Crippen LogP contribution in [0.25, 0.3) is 0 Å². The van der Waals surface area contributed by atoms with Crippen LogP contribution in [0.2, 0.25) is 0 Å². The second-order valence-corrected chi connectivity index (χ2v) is 4.56. The van der Waals surface area contributed by atoms with Gasteiger partial charge in [0.1, 0.15) is 12.2 Å². The highest BCUT2D eigenvalue weighted by Crippen LogP contribution is 2.15. The van der Waals surface area contributed by atoms with Gasteiger partial charge in [0.15, 0.2) is 0 Å². The maximum Gasteiger partial charge on any atom is 0.352 e. The minimum Gasteiger partial charge on any atom is -0.477 e. The highest BCUT2D eigenvalue weighted by Gasteiger charge is 2.25. The van der Waals surface area contributed by atoms with E-state index >= 15 is 0 Å². The number of aromatic carboxylic acids is 1. The monoisotopic (exact) mass is 251 g/mol. The van der Waals surface area contributed by atoms with Crippen LogP contribution in [0, 0.1) is 5.92 Å². The molecule has 1 atom stereocenters. The molecule has 1 unspecified atom stereocenters. The molecule has 18 heavy (non-hydrogen) atoms. The molecular weight excluding hydrogens is 234 g/mol. The van der Waals surface area contributed by atoms with Gasteiger partial charge in [-0.1, -0.05) is 0 Å². The maximum absolute atomic E-state index is 12.0. The smallest absolute Gasteiger partial charge is 0.352 e. The zero-order chi connectivity index (χ0) is 13.1. The molecule has 1 saturated heterocycles. The molecule has 2 rings (SSSR count). The molecule has 0 aromatic carbocycles. The molecule has 6 heteroatoms. The SMILES string of the molecule is NCC1CCN(C(=O)Cn2cccc2C(=O)O)C1. The highest BCUT2D eigenvalue weighted by molar-refractivity contribution is 5.87. The molecule has 3 N–H and O–H groups in total. The fourth-order valence-electron chi connectivity index (χ4n) is 2.24. The van der Waals surface area contributed by atoms with Gasteiger partial charge in [-0.15, -0.1) is 0 Å². The average molecular weight is 251 g/mol. The summed E-state index contributed by atoms with van der Waals surface area (Å²) in [6.07, 6.45) is 2.54. The second-order valence-electron chi connectivity index (χ2n) is 4.56. The Morgan fingerprint density at radius 1 is 1.50 bits per heavy atom. The number of aromatic nitrogens is 1. The lowest BCUT2D eigenvalue weighted by Gasteiger charge is -2.17. The van der Waals surface area contributed by atoms with Crippen LogP contribution in [0.3, 0.4) is 0 Å². The van der Waals surface area contributed by atoms with Crippen molar-refractivity contribution in [1.82, 2.24) is 9.47 Å². The first kappa shape index (κ1) is 12.6. The summed E-state index contributed by atoms with van der Waals surface area (Å²) in [6, 6.07) is 3.12. The number of carbonyl (C=O) groups is 2. The summed E-state index contributed by atoms with van der Waals surface area (Å²) in [6.45, 7) is 2.06.